The monoisotopic (exact) mass is 212 g/mol. The molecule has 0 aliphatic rings. The molecule has 0 saturated carbocycles. The molecule has 0 aromatic carbocycles. The largest absolute Gasteiger partial charge is 0.406 e. The summed E-state index contributed by atoms with van der Waals surface area (Å²) >= 11 is 0. The fourth-order valence-electron chi connectivity index (χ4n) is 0.679. The van der Waals surface area contributed by atoms with Crippen LogP contribution in [0.5, 0.6) is 0 Å². The molecular weight excluding hydrogens is 188 g/mol. The first-order valence-electron chi connectivity index (χ1n) is 5.29. The second-order valence-corrected chi connectivity index (χ2v) is 10.3. The molecule has 0 aromatic rings. The standard InChI is InChI=1S/C12H24OSi/c1-11(2)9-8-10-13-14(6,7)12(3,4)5/h11H,10H2,1-7H3. The zero-order valence-corrected chi connectivity index (χ0v) is 11.7. The van der Waals surface area contributed by atoms with Crippen LogP contribution in [0, 0.1) is 17.8 Å². The van der Waals surface area contributed by atoms with Crippen LogP contribution in [0.2, 0.25) is 18.1 Å². The van der Waals surface area contributed by atoms with E-state index in [1.165, 1.54) is 0 Å². The lowest BCUT2D eigenvalue weighted by atomic mass is 10.2. The normalized spacial score (nSPS) is 12.6. The van der Waals surface area contributed by atoms with Crippen molar-refractivity contribution in [3.05, 3.63) is 0 Å². The lowest BCUT2D eigenvalue weighted by Gasteiger charge is -2.35. The molecule has 0 aliphatic heterocycles. The second-order valence-electron chi connectivity index (χ2n) is 5.52. The molecule has 0 fully saturated rings. The Labute approximate surface area is 90.4 Å². The smallest absolute Gasteiger partial charge is 0.193 e. The molecule has 0 aliphatic carbocycles. The van der Waals surface area contributed by atoms with Gasteiger partial charge in [-0.25, -0.2) is 0 Å². The Bertz CT molecular complexity index is 225. The van der Waals surface area contributed by atoms with Crippen LogP contribution < -0.4 is 0 Å². The molecule has 0 saturated heterocycles. The van der Waals surface area contributed by atoms with Crippen molar-refractivity contribution in [2.75, 3.05) is 6.61 Å². The van der Waals surface area contributed by atoms with Gasteiger partial charge >= 0.3 is 0 Å². The van der Waals surface area contributed by atoms with Crippen molar-refractivity contribution in [1.29, 1.82) is 0 Å². The SMILES string of the molecule is CC(C)C#CCO[Si](C)(C)C(C)(C)C. The predicted octanol–water partition coefficient (Wildman–Crippen LogP) is 3.67. The van der Waals surface area contributed by atoms with Crippen LogP contribution in [0.1, 0.15) is 34.6 Å². The van der Waals surface area contributed by atoms with Gasteiger partial charge < -0.3 is 4.43 Å². The van der Waals surface area contributed by atoms with E-state index in [0.29, 0.717) is 12.5 Å². The topological polar surface area (TPSA) is 9.23 Å². The molecule has 0 unspecified atom stereocenters. The van der Waals surface area contributed by atoms with E-state index in [0.717, 1.165) is 0 Å². The molecular formula is C12H24OSi. The summed E-state index contributed by atoms with van der Waals surface area (Å²) in [6.07, 6.45) is 0. The van der Waals surface area contributed by atoms with E-state index in [4.69, 9.17) is 4.43 Å². The van der Waals surface area contributed by atoms with Crippen LogP contribution in [0.4, 0.5) is 0 Å². The van der Waals surface area contributed by atoms with Crippen LogP contribution in [-0.4, -0.2) is 14.9 Å². The molecule has 82 valence electrons. The van der Waals surface area contributed by atoms with Crippen molar-refractivity contribution >= 4 is 8.32 Å². The molecule has 0 atom stereocenters. The van der Waals surface area contributed by atoms with Crippen molar-refractivity contribution in [1.82, 2.24) is 0 Å². The summed E-state index contributed by atoms with van der Waals surface area (Å²) in [6, 6.07) is 0. The molecule has 1 nitrogen and oxygen atoms in total. The summed E-state index contributed by atoms with van der Waals surface area (Å²) in [5.74, 6) is 6.63. The maximum absolute atomic E-state index is 5.91. The first kappa shape index (κ1) is 13.7. The Kier molecular flexibility index (Phi) is 4.90. The highest BCUT2D eigenvalue weighted by Crippen LogP contribution is 2.36. The Hall–Kier alpha value is -0.263. The van der Waals surface area contributed by atoms with Crippen molar-refractivity contribution < 1.29 is 4.43 Å². The van der Waals surface area contributed by atoms with E-state index in [9.17, 15) is 0 Å². The summed E-state index contributed by atoms with van der Waals surface area (Å²) in [5, 5.41) is 0.284. The highest BCUT2D eigenvalue weighted by Gasteiger charge is 2.36. The minimum absolute atomic E-state index is 0.284. The Balaban J connectivity index is 4.10. The lowest BCUT2D eigenvalue weighted by molar-refractivity contribution is 0.334. The van der Waals surface area contributed by atoms with E-state index >= 15 is 0 Å². The summed E-state index contributed by atoms with van der Waals surface area (Å²) in [6.45, 7) is 16.0. The van der Waals surface area contributed by atoms with Crippen LogP contribution in [0.25, 0.3) is 0 Å². The Morgan fingerprint density at radius 2 is 1.71 bits per heavy atom. The molecule has 0 bridgehead atoms. The molecule has 0 heterocycles. The minimum atomic E-state index is -1.58. The van der Waals surface area contributed by atoms with Gasteiger partial charge in [0.1, 0.15) is 0 Å². The second kappa shape index (κ2) is 5.00. The number of hydrogen-bond donors (Lipinski definition) is 0. The molecule has 0 N–H and O–H groups in total. The lowest BCUT2D eigenvalue weighted by Crippen LogP contribution is -2.40. The van der Waals surface area contributed by atoms with Crippen molar-refractivity contribution in [3.63, 3.8) is 0 Å². The third-order valence-electron chi connectivity index (χ3n) is 2.70. The third kappa shape index (κ3) is 4.83. The van der Waals surface area contributed by atoms with Crippen LogP contribution in [-0.2, 0) is 4.43 Å². The molecule has 2 heteroatoms. The van der Waals surface area contributed by atoms with Crippen molar-refractivity contribution in [3.8, 4) is 11.8 Å². The fourth-order valence-corrected chi connectivity index (χ4v) is 1.54. The van der Waals surface area contributed by atoms with E-state index in [1.807, 2.05) is 0 Å². The molecule has 0 radical (unpaired) electrons. The summed E-state index contributed by atoms with van der Waals surface area (Å²) < 4.78 is 5.91. The van der Waals surface area contributed by atoms with Gasteiger partial charge in [0.2, 0.25) is 0 Å². The quantitative estimate of drug-likeness (QED) is 0.501. The molecule has 0 aromatic heterocycles. The minimum Gasteiger partial charge on any atom is -0.406 e. The van der Waals surface area contributed by atoms with Gasteiger partial charge in [-0.3, -0.25) is 0 Å². The van der Waals surface area contributed by atoms with Gasteiger partial charge in [0, 0.05) is 5.92 Å². The maximum atomic E-state index is 5.91. The van der Waals surface area contributed by atoms with E-state index in [1.54, 1.807) is 0 Å². The zero-order chi connectivity index (χ0) is 11.4. The molecule has 0 rings (SSSR count). The molecule has 14 heavy (non-hydrogen) atoms. The third-order valence-corrected chi connectivity index (χ3v) is 7.18. The van der Waals surface area contributed by atoms with Crippen molar-refractivity contribution in [2.24, 2.45) is 5.92 Å². The van der Waals surface area contributed by atoms with Gasteiger partial charge in [0.15, 0.2) is 8.32 Å². The van der Waals surface area contributed by atoms with Crippen LogP contribution >= 0.6 is 0 Å². The van der Waals surface area contributed by atoms with Gasteiger partial charge in [-0.1, -0.05) is 46.5 Å². The van der Waals surface area contributed by atoms with E-state index in [2.05, 4.69) is 59.6 Å². The fraction of sp³-hybridized carbons (Fsp3) is 0.833. The summed E-state index contributed by atoms with van der Waals surface area (Å²) in [7, 11) is -1.58. The van der Waals surface area contributed by atoms with Crippen LogP contribution in [0.3, 0.4) is 0 Å². The molecule has 0 spiro atoms. The van der Waals surface area contributed by atoms with Gasteiger partial charge in [0.25, 0.3) is 0 Å². The summed E-state index contributed by atoms with van der Waals surface area (Å²) in [4.78, 5) is 0. The van der Waals surface area contributed by atoms with Gasteiger partial charge in [-0.05, 0) is 18.1 Å². The Morgan fingerprint density at radius 3 is 2.07 bits per heavy atom. The van der Waals surface area contributed by atoms with Gasteiger partial charge in [0.05, 0.1) is 6.61 Å². The van der Waals surface area contributed by atoms with Crippen molar-refractivity contribution in [2.45, 2.75) is 52.8 Å². The van der Waals surface area contributed by atoms with Gasteiger partial charge in [-0.15, -0.1) is 0 Å². The first-order chi connectivity index (χ1) is 6.17. The highest BCUT2D eigenvalue weighted by molar-refractivity contribution is 6.74. The maximum Gasteiger partial charge on any atom is 0.193 e. The average Bonchev–Trinajstić information content (AvgIpc) is 1.95. The number of rotatable bonds is 2. The number of hydrogen-bond acceptors (Lipinski definition) is 1. The van der Waals surface area contributed by atoms with Gasteiger partial charge in [-0.2, -0.15) is 0 Å². The Morgan fingerprint density at radius 1 is 1.21 bits per heavy atom. The van der Waals surface area contributed by atoms with E-state index in [-0.39, 0.29) is 5.04 Å². The van der Waals surface area contributed by atoms with Crippen LogP contribution in [0.15, 0.2) is 0 Å². The van der Waals surface area contributed by atoms with E-state index < -0.39 is 8.32 Å². The average molecular weight is 212 g/mol. The molecule has 0 amide bonds. The highest BCUT2D eigenvalue weighted by atomic mass is 28.4. The zero-order valence-electron chi connectivity index (χ0n) is 10.7. The first-order valence-corrected chi connectivity index (χ1v) is 8.20. The predicted molar refractivity (Wildman–Crippen MR) is 65.8 cm³/mol. The summed E-state index contributed by atoms with van der Waals surface area (Å²) in [5.41, 5.74) is 0.